The lowest BCUT2D eigenvalue weighted by Gasteiger charge is -2.52. The van der Waals surface area contributed by atoms with Crippen LogP contribution in [0.1, 0.15) is 37.2 Å². The zero-order valence-electron chi connectivity index (χ0n) is 13.7. The van der Waals surface area contributed by atoms with Gasteiger partial charge in [0.15, 0.2) is 0 Å². The maximum atomic E-state index is 9.10. The molecule has 0 aromatic heterocycles. The van der Waals surface area contributed by atoms with Crippen molar-refractivity contribution in [1.82, 2.24) is 15.5 Å². The second-order valence-electron chi connectivity index (χ2n) is 7.45. The van der Waals surface area contributed by atoms with Crippen LogP contribution in [0.5, 0.6) is 0 Å². The highest BCUT2D eigenvalue weighted by Gasteiger charge is 2.44. The monoisotopic (exact) mass is 310 g/mol. The lowest BCUT2D eigenvalue weighted by molar-refractivity contribution is 0.0182. The molecule has 0 spiro atoms. The molecule has 1 saturated carbocycles. The molecule has 0 bridgehead atoms. The van der Waals surface area contributed by atoms with Gasteiger partial charge in [-0.15, -0.1) is 0 Å². The Kier molecular flexibility index (Phi) is 4.11. The second kappa shape index (κ2) is 6.24. The van der Waals surface area contributed by atoms with Crippen LogP contribution in [-0.2, 0) is 0 Å². The van der Waals surface area contributed by atoms with Crippen LogP contribution in [0.25, 0.3) is 0 Å². The molecular formula is C19H26N4. The molecule has 3 fully saturated rings. The molecule has 1 unspecified atom stereocenters. The Hall–Kier alpha value is -1.41. The molecule has 122 valence electrons. The van der Waals surface area contributed by atoms with E-state index in [-0.39, 0.29) is 5.54 Å². The molecule has 2 N–H and O–H groups in total. The molecule has 3 aliphatic rings. The van der Waals surface area contributed by atoms with Crippen LogP contribution < -0.4 is 10.6 Å². The number of hydrogen-bond acceptors (Lipinski definition) is 4. The SMILES string of the molecule is N#CCC1(N2CCC(N[C@@H]3CC3c3ccccc3)CC2)CNC1. The van der Waals surface area contributed by atoms with Gasteiger partial charge in [0.05, 0.1) is 18.0 Å². The number of piperidine rings is 1. The van der Waals surface area contributed by atoms with Gasteiger partial charge in [0.1, 0.15) is 0 Å². The van der Waals surface area contributed by atoms with Crippen molar-refractivity contribution in [3.05, 3.63) is 35.9 Å². The predicted octanol–water partition coefficient (Wildman–Crippen LogP) is 1.85. The summed E-state index contributed by atoms with van der Waals surface area (Å²) < 4.78 is 0. The van der Waals surface area contributed by atoms with Crippen molar-refractivity contribution >= 4 is 0 Å². The maximum Gasteiger partial charge on any atom is 0.0642 e. The van der Waals surface area contributed by atoms with E-state index < -0.39 is 0 Å². The molecule has 4 nitrogen and oxygen atoms in total. The maximum absolute atomic E-state index is 9.10. The number of nitrogens with zero attached hydrogens (tertiary/aromatic N) is 2. The predicted molar refractivity (Wildman–Crippen MR) is 91.1 cm³/mol. The van der Waals surface area contributed by atoms with Crippen LogP contribution in [0.2, 0.25) is 0 Å². The first-order chi connectivity index (χ1) is 11.3. The van der Waals surface area contributed by atoms with Gasteiger partial charge in [-0.3, -0.25) is 4.90 Å². The van der Waals surface area contributed by atoms with Crippen molar-refractivity contribution in [2.24, 2.45) is 0 Å². The van der Waals surface area contributed by atoms with Gasteiger partial charge in [-0.25, -0.2) is 0 Å². The highest BCUT2D eigenvalue weighted by molar-refractivity contribution is 5.27. The third-order valence-electron chi connectivity index (χ3n) is 5.95. The molecule has 2 heterocycles. The molecule has 0 radical (unpaired) electrons. The van der Waals surface area contributed by atoms with Crippen molar-refractivity contribution in [2.45, 2.75) is 49.2 Å². The molecule has 1 aromatic carbocycles. The molecule has 2 saturated heterocycles. The van der Waals surface area contributed by atoms with Crippen molar-refractivity contribution in [1.29, 1.82) is 5.26 Å². The summed E-state index contributed by atoms with van der Waals surface area (Å²) in [5.74, 6) is 0.718. The Morgan fingerprint density at radius 3 is 2.57 bits per heavy atom. The highest BCUT2D eigenvalue weighted by Crippen LogP contribution is 2.41. The molecule has 4 rings (SSSR count). The summed E-state index contributed by atoms with van der Waals surface area (Å²) in [5, 5.41) is 16.3. The van der Waals surface area contributed by atoms with Gasteiger partial charge in [-0.1, -0.05) is 30.3 Å². The van der Waals surface area contributed by atoms with Gasteiger partial charge in [0.25, 0.3) is 0 Å². The van der Waals surface area contributed by atoms with Crippen molar-refractivity contribution < 1.29 is 0 Å². The van der Waals surface area contributed by atoms with Crippen LogP contribution >= 0.6 is 0 Å². The van der Waals surface area contributed by atoms with Crippen molar-refractivity contribution in [3.63, 3.8) is 0 Å². The van der Waals surface area contributed by atoms with Crippen molar-refractivity contribution in [3.8, 4) is 6.07 Å². The molecule has 4 heteroatoms. The Bertz CT molecular complexity index is 567. The first-order valence-corrected chi connectivity index (χ1v) is 8.94. The third kappa shape index (κ3) is 3.01. The van der Waals surface area contributed by atoms with Gasteiger partial charge in [0, 0.05) is 44.2 Å². The van der Waals surface area contributed by atoms with E-state index in [1.807, 2.05) is 0 Å². The van der Waals surface area contributed by atoms with E-state index in [1.54, 1.807) is 0 Å². The van der Waals surface area contributed by atoms with Gasteiger partial charge < -0.3 is 10.6 Å². The second-order valence-corrected chi connectivity index (χ2v) is 7.45. The van der Waals surface area contributed by atoms with Gasteiger partial charge in [-0.05, 0) is 24.8 Å². The summed E-state index contributed by atoms with van der Waals surface area (Å²) in [6.07, 6.45) is 4.37. The summed E-state index contributed by atoms with van der Waals surface area (Å²) >= 11 is 0. The fraction of sp³-hybridized carbons (Fsp3) is 0.632. The quantitative estimate of drug-likeness (QED) is 0.871. The Morgan fingerprint density at radius 1 is 1.22 bits per heavy atom. The number of benzene rings is 1. The Labute approximate surface area is 138 Å². The third-order valence-corrected chi connectivity index (χ3v) is 5.95. The number of nitrogens with one attached hydrogen (secondary N) is 2. The summed E-state index contributed by atoms with van der Waals surface area (Å²) in [5.41, 5.74) is 1.61. The normalized spacial score (nSPS) is 30.4. The average molecular weight is 310 g/mol. The Balaban J connectivity index is 1.26. The zero-order valence-corrected chi connectivity index (χ0v) is 13.7. The number of nitriles is 1. The fourth-order valence-electron chi connectivity index (χ4n) is 4.29. The zero-order chi connectivity index (χ0) is 15.7. The molecule has 23 heavy (non-hydrogen) atoms. The van der Waals surface area contributed by atoms with Crippen LogP contribution in [0, 0.1) is 11.3 Å². The van der Waals surface area contributed by atoms with E-state index in [0.717, 1.165) is 32.1 Å². The lowest BCUT2D eigenvalue weighted by atomic mass is 9.85. The first-order valence-electron chi connectivity index (χ1n) is 8.94. The van der Waals surface area contributed by atoms with Crippen LogP contribution in [0.4, 0.5) is 0 Å². The van der Waals surface area contributed by atoms with E-state index >= 15 is 0 Å². The fourth-order valence-corrected chi connectivity index (χ4v) is 4.29. The average Bonchev–Trinajstić information content (AvgIpc) is 3.32. The Morgan fingerprint density at radius 2 is 1.96 bits per heavy atom. The van der Waals surface area contributed by atoms with Crippen molar-refractivity contribution in [2.75, 3.05) is 26.2 Å². The van der Waals surface area contributed by atoms with E-state index in [9.17, 15) is 0 Å². The van der Waals surface area contributed by atoms with Gasteiger partial charge >= 0.3 is 0 Å². The molecule has 1 aromatic rings. The minimum Gasteiger partial charge on any atom is -0.313 e. The largest absolute Gasteiger partial charge is 0.313 e. The molecule has 1 aliphatic carbocycles. The molecule has 2 atom stereocenters. The number of hydrogen-bond donors (Lipinski definition) is 2. The molecular weight excluding hydrogens is 284 g/mol. The van der Waals surface area contributed by atoms with E-state index in [0.29, 0.717) is 18.5 Å². The summed E-state index contributed by atoms with van der Waals surface area (Å²) in [6.45, 7) is 4.22. The summed E-state index contributed by atoms with van der Waals surface area (Å²) in [7, 11) is 0. The van der Waals surface area contributed by atoms with Gasteiger partial charge in [0.2, 0.25) is 0 Å². The topological polar surface area (TPSA) is 51.1 Å². The molecule has 0 amide bonds. The van der Waals surface area contributed by atoms with Crippen LogP contribution in [-0.4, -0.2) is 48.7 Å². The van der Waals surface area contributed by atoms with Gasteiger partial charge in [-0.2, -0.15) is 5.26 Å². The highest BCUT2D eigenvalue weighted by atomic mass is 15.3. The van der Waals surface area contributed by atoms with Crippen LogP contribution in [0.15, 0.2) is 30.3 Å². The first kappa shape index (κ1) is 15.1. The lowest BCUT2D eigenvalue weighted by Crippen LogP contribution is -2.70. The minimum atomic E-state index is 0.131. The summed E-state index contributed by atoms with van der Waals surface area (Å²) in [6, 6.07) is 14.6. The smallest absolute Gasteiger partial charge is 0.0642 e. The number of likely N-dealkylation sites (tertiary alicyclic amines) is 1. The number of rotatable bonds is 5. The standard InChI is InChI=1S/C19H26N4/c20-9-8-19(13-21-14-19)23-10-6-16(7-11-23)22-18-12-17(18)15-4-2-1-3-5-15/h1-5,16-18,21-22H,6-8,10-14H2/t17?,18-/m1/s1. The minimum absolute atomic E-state index is 0.131. The molecule has 2 aliphatic heterocycles. The van der Waals surface area contributed by atoms with E-state index in [1.165, 1.54) is 24.8 Å². The van der Waals surface area contributed by atoms with Crippen LogP contribution in [0.3, 0.4) is 0 Å². The summed E-state index contributed by atoms with van der Waals surface area (Å²) in [4.78, 5) is 2.56. The van der Waals surface area contributed by atoms with E-state index in [4.69, 9.17) is 5.26 Å². The van der Waals surface area contributed by atoms with E-state index in [2.05, 4.69) is 51.9 Å².